The normalized spacial score (nSPS) is 19.6. The highest BCUT2D eigenvalue weighted by atomic mass is 127. The number of aliphatic hydroxyl groups is 1. The van der Waals surface area contributed by atoms with Crippen LogP contribution in [0.3, 0.4) is 0 Å². The number of nitrogens with one attached hydrogen (secondary N) is 1. The molecule has 3 rings (SSSR count). The number of hydrogen-bond donors (Lipinski definition) is 2. The second-order valence-electron chi connectivity index (χ2n) is 7.44. The van der Waals surface area contributed by atoms with Crippen molar-refractivity contribution in [3.63, 3.8) is 0 Å². The van der Waals surface area contributed by atoms with Crippen LogP contribution >= 0.6 is 24.0 Å². The summed E-state index contributed by atoms with van der Waals surface area (Å²) in [7, 11) is 0. The van der Waals surface area contributed by atoms with Gasteiger partial charge in [-0.1, -0.05) is 12.1 Å². The van der Waals surface area contributed by atoms with Gasteiger partial charge in [-0.2, -0.15) is 0 Å². The van der Waals surface area contributed by atoms with Gasteiger partial charge >= 0.3 is 0 Å². The number of nitrogens with zero attached hydrogens (tertiary/aromatic N) is 3. The lowest BCUT2D eigenvalue weighted by atomic mass is 9.80. The van der Waals surface area contributed by atoms with E-state index in [0.717, 1.165) is 57.9 Å². The van der Waals surface area contributed by atoms with Gasteiger partial charge in [-0.05, 0) is 57.2 Å². The second-order valence-corrected chi connectivity index (χ2v) is 7.44. The van der Waals surface area contributed by atoms with Crippen molar-refractivity contribution in [2.75, 3.05) is 44.2 Å². The van der Waals surface area contributed by atoms with Gasteiger partial charge in [0.2, 0.25) is 0 Å². The summed E-state index contributed by atoms with van der Waals surface area (Å²) in [5.41, 5.74) is 3.53. The molecule has 2 aliphatic rings. The van der Waals surface area contributed by atoms with Crippen molar-refractivity contribution < 1.29 is 5.11 Å². The lowest BCUT2D eigenvalue weighted by Crippen LogP contribution is -2.53. The molecule has 0 atom stereocenters. The predicted octanol–water partition coefficient (Wildman–Crippen LogP) is 2.92. The van der Waals surface area contributed by atoms with E-state index in [9.17, 15) is 5.11 Å². The van der Waals surface area contributed by atoms with E-state index in [4.69, 9.17) is 4.99 Å². The third kappa shape index (κ3) is 4.82. The van der Waals surface area contributed by atoms with Crippen LogP contribution in [0.15, 0.2) is 23.2 Å². The van der Waals surface area contributed by atoms with Gasteiger partial charge in [-0.3, -0.25) is 4.99 Å². The SMILES string of the molecule is CCNC(=NCC1(O)CCC1)N1CCN(c2cccc(C)c2C)CC1.I. The molecule has 1 aromatic rings. The summed E-state index contributed by atoms with van der Waals surface area (Å²) in [5, 5.41) is 13.7. The number of halogens is 1. The highest BCUT2D eigenvalue weighted by Gasteiger charge is 2.34. The molecule has 0 aromatic heterocycles. The minimum Gasteiger partial charge on any atom is -0.388 e. The van der Waals surface area contributed by atoms with E-state index in [1.165, 1.54) is 16.8 Å². The molecule has 2 fully saturated rings. The van der Waals surface area contributed by atoms with Crippen LogP contribution in [-0.4, -0.2) is 60.8 Å². The van der Waals surface area contributed by atoms with Gasteiger partial charge in [0.15, 0.2) is 5.96 Å². The van der Waals surface area contributed by atoms with Crippen LogP contribution < -0.4 is 10.2 Å². The van der Waals surface area contributed by atoms with Crippen LogP contribution in [0.5, 0.6) is 0 Å². The lowest BCUT2D eigenvalue weighted by molar-refractivity contribution is -0.0237. The second kappa shape index (κ2) is 9.26. The molecule has 1 saturated carbocycles. The van der Waals surface area contributed by atoms with Crippen LogP contribution in [0.25, 0.3) is 0 Å². The Bertz CT molecular complexity index is 622. The van der Waals surface area contributed by atoms with Crippen molar-refractivity contribution in [1.29, 1.82) is 0 Å². The van der Waals surface area contributed by atoms with Gasteiger partial charge in [0.1, 0.15) is 0 Å². The molecule has 5 nitrogen and oxygen atoms in total. The monoisotopic (exact) mass is 472 g/mol. The Morgan fingerprint density at radius 3 is 2.46 bits per heavy atom. The summed E-state index contributed by atoms with van der Waals surface area (Å²) in [6.07, 6.45) is 2.89. The fourth-order valence-corrected chi connectivity index (χ4v) is 3.63. The van der Waals surface area contributed by atoms with E-state index in [0.29, 0.717) is 6.54 Å². The maximum atomic E-state index is 10.3. The summed E-state index contributed by atoms with van der Waals surface area (Å²) >= 11 is 0. The highest BCUT2D eigenvalue weighted by Crippen LogP contribution is 2.31. The molecular formula is C20H33IN4O. The van der Waals surface area contributed by atoms with Gasteiger partial charge in [-0.15, -0.1) is 24.0 Å². The van der Waals surface area contributed by atoms with Crippen molar-refractivity contribution >= 4 is 35.6 Å². The van der Waals surface area contributed by atoms with Gasteiger partial charge < -0.3 is 20.2 Å². The van der Waals surface area contributed by atoms with Crippen molar-refractivity contribution in [3.8, 4) is 0 Å². The van der Waals surface area contributed by atoms with E-state index in [-0.39, 0.29) is 24.0 Å². The van der Waals surface area contributed by atoms with E-state index >= 15 is 0 Å². The maximum Gasteiger partial charge on any atom is 0.194 e. The number of guanidine groups is 1. The zero-order valence-electron chi connectivity index (χ0n) is 16.3. The molecule has 1 heterocycles. The number of piperazine rings is 1. The third-order valence-corrected chi connectivity index (χ3v) is 5.64. The van der Waals surface area contributed by atoms with E-state index < -0.39 is 5.60 Å². The predicted molar refractivity (Wildman–Crippen MR) is 120 cm³/mol. The molecule has 0 spiro atoms. The summed E-state index contributed by atoms with van der Waals surface area (Å²) in [6.45, 7) is 11.8. The molecule has 26 heavy (non-hydrogen) atoms. The molecule has 0 amide bonds. The summed E-state index contributed by atoms with van der Waals surface area (Å²) in [6, 6.07) is 6.55. The highest BCUT2D eigenvalue weighted by molar-refractivity contribution is 14.0. The number of aryl methyl sites for hydroxylation is 1. The molecule has 0 unspecified atom stereocenters. The minimum atomic E-state index is -0.554. The number of rotatable bonds is 4. The first-order valence-corrected chi connectivity index (χ1v) is 9.59. The Labute approximate surface area is 174 Å². The number of hydrogen-bond acceptors (Lipinski definition) is 3. The topological polar surface area (TPSA) is 51.1 Å². The molecule has 1 aromatic carbocycles. The van der Waals surface area contributed by atoms with Crippen LogP contribution in [0, 0.1) is 13.8 Å². The van der Waals surface area contributed by atoms with Crippen LogP contribution in [0.2, 0.25) is 0 Å². The summed E-state index contributed by atoms with van der Waals surface area (Å²) in [4.78, 5) is 9.52. The number of aliphatic imine (C=N–C) groups is 1. The lowest BCUT2D eigenvalue weighted by Gasteiger charge is -2.39. The van der Waals surface area contributed by atoms with Crippen LogP contribution in [-0.2, 0) is 0 Å². The average Bonchev–Trinajstić information content (AvgIpc) is 2.59. The van der Waals surface area contributed by atoms with Gasteiger partial charge in [0, 0.05) is 38.4 Å². The van der Waals surface area contributed by atoms with Gasteiger partial charge in [0.05, 0.1) is 12.1 Å². The van der Waals surface area contributed by atoms with E-state index in [1.54, 1.807) is 0 Å². The summed E-state index contributed by atoms with van der Waals surface area (Å²) in [5.74, 6) is 0.948. The molecular weight excluding hydrogens is 439 g/mol. The first-order chi connectivity index (χ1) is 12.0. The minimum absolute atomic E-state index is 0. The molecule has 1 aliphatic heterocycles. The van der Waals surface area contributed by atoms with Crippen LogP contribution in [0.4, 0.5) is 5.69 Å². The van der Waals surface area contributed by atoms with Crippen molar-refractivity contribution in [1.82, 2.24) is 10.2 Å². The van der Waals surface area contributed by atoms with Gasteiger partial charge in [0.25, 0.3) is 0 Å². The van der Waals surface area contributed by atoms with E-state index in [1.807, 2.05) is 0 Å². The van der Waals surface area contributed by atoms with Crippen molar-refractivity contribution in [3.05, 3.63) is 29.3 Å². The average molecular weight is 472 g/mol. The Balaban J connectivity index is 0.00000243. The molecule has 146 valence electrons. The molecule has 1 aliphatic carbocycles. The number of benzene rings is 1. The first-order valence-electron chi connectivity index (χ1n) is 9.59. The molecule has 6 heteroatoms. The van der Waals surface area contributed by atoms with Crippen molar-refractivity contribution in [2.24, 2.45) is 4.99 Å². The number of anilines is 1. The maximum absolute atomic E-state index is 10.3. The standard InChI is InChI=1S/C20H32N4O.HI/c1-4-21-19(22-15-20(25)9-6-10-20)24-13-11-23(12-14-24)18-8-5-7-16(2)17(18)3;/h5,7-8,25H,4,6,9-15H2,1-3H3,(H,21,22);1H. The van der Waals surface area contributed by atoms with E-state index in [2.05, 4.69) is 54.1 Å². The quantitative estimate of drug-likeness (QED) is 0.402. The molecule has 2 N–H and O–H groups in total. The summed E-state index contributed by atoms with van der Waals surface area (Å²) < 4.78 is 0. The third-order valence-electron chi connectivity index (χ3n) is 5.64. The Morgan fingerprint density at radius 2 is 1.88 bits per heavy atom. The molecule has 1 saturated heterocycles. The van der Waals surface area contributed by atoms with Gasteiger partial charge in [-0.25, -0.2) is 0 Å². The Kier molecular flexibility index (Phi) is 7.58. The Hall–Kier alpha value is -1.02. The zero-order chi connectivity index (χ0) is 17.9. The molecule has 0 radical (unpaired) electrons. The largest absolute Gasteiger partial charge is 0.388 e. The fraction of sp³-hybridized carbons (Fsp3) is 0.650. The smallest absolute Gasteiger partial charge is 0.194 e. The zero-order valence-corrected chi connectivity index (χ0v) is 18.6. The fourth-order valence-electron chi connectivity index (χ4n) is 3.63. The van der Waals surface area contributed by atoms with Crippen LogP contribution in [0.1, 0.15) is 37.3 Å². The van der Waals surface area contributed by atoms with Crippen molar-refractivity contribution in [2.45, 2.75) is 45.6 Å². The Morgan fingerprint density at radius 1 is 1.19 bits per heavy atom. The first kappa shape index (κ1) is 21.3. The molecule has 0 bridgehead atoms.